The topological polar surface area (TPSA) is 63.3 Å². The molecular formula is C18H9Br2NO3. The van der Waals surface area contributed by atoms with Gasteiger partial charge in [0.1, 0.15) is 11.3 Å². The fourth-order valence-electron chi connectivity index (χ4n) is 2.66. The van der Waals surface area contributed by atoms with Crippen molar-refractivity contribution in [1.29, 1.82) is 0 Å². The molecule has 2 aromatic carbocycles. The summed E-state index contributed by atoms with van der Waals surface area (Å²) in [5, 5.41) is 11.0. The summed E-state index contributed by atoms with van der Waals surface area (Å²) >= 11 is 6.87. The molecule has 24 heavy (non-hydrogen) atoms. The van der Waals surface area contributed by atoms with E-state index in [1.165, 1.54) is 0 Å². The SMILES string of the molecule is O=C(O)c1cc(-c2cc3cc(Br)ccc3o2)nc2c(Br)cccc12. The Kier molecular flexibility index (Phi) is 3.66. The number of hydrogen-bond donors (Lipinski definition) is 1. The highest BCUT2D eigenvalue weighted by Gasteiger charge is 2.16. The van der Waals surface area contributed by atoms with Gasteiger partial charge in [-0.3, -0.25) is 0 Å². The first kappa shape index (κ1) is 15.4. The fourth-order valence-corrected chi connectivity index (χ4v) is 3.49. The average Bonchev–Trinajstić information content (AvgIpc) is 2.97. The largest absolute Gasteiger partial charge is 0.478 e. The molecule has 1 N–H and O–H groups in total. The molecule has 0 aliphatic heterocycles. The maximum absolute atomic E-state index is 11.6. The summed E-state index contributed by atoms with van der Waals surface area (Å²) in [6.07, 6.45) is 0. The lowest BCUT2D eigenvalue weighted by Gasteiger charge is -2.06. The van der Waals surface area contributed by atoms with Gasteiger partial charge >= 0.3 is 5.97 Å². The summed E-state index contributed by atoms with van der Waals surface area (Å²) in [4.78, 5) is 16.2. The zero-order valence-corrected chi connectivity index (χ0v) is 15.3. The highest BCUT2D eigenvalue weighted by atomic mass is 79.9. The number of rotatable bonds is 2. The molecule has 4 nitrogen and oxygen atoms in total. The van der Waals surface area contributed by atoms with Crippen molar-refractivity contribution in [3.8, 4) is 11.5 Å². The average molecular weight is 447 g/mol. The molecule has 2 heterocycles. The number of fused-ring (bicyclic) bond motifs is 2. The first-order chi connectivity index (χ1) is 11.5. The Morgan fingerprint density at radius 1 is 1.08 bits per heavy atom. The van der Waals surface area contributed by atoms with Gasteiger partial charge in [-0.2, -0.15) is 0 Å². The van der Waals surface area contributed by atoms with Crippen LogP contribution in [0.5, 0.6) is 0 Å². The van der Waals surface area contributed by atoms with Crippen LogP contribution in [0.2, 0.25) is 0 Å². The van der Waals surface area contributed by atoms with Gasteiger partial charge in [0.05, 0.1) is 11.1 Å². The summed E-state index contributed by atoms with van der Waals surface area (Å²) < 4.78 is 7.53. The van der Waals surface area contributed by atoms with E-state index in [1.54, 1.807) is 18.2 Å². The molecule has 0 fully saturated rings. The van der Waals surface area contributed by atoms with E-state index in [2.05, 4.69) is 36.8 Å². The number of furan rings is 1. The Morgan fingerprint density at radius 2 is 1.92 bits per heavy atom. The number of carboxylic acid groups (broad SMARTS) is 1. The van der Waals surface area contributed by atoms with Gasteiger partial charge in [-0.15, -0.1) is 0 Å². The molecule has 4 aromatic rings. The molecule has 0 radical (unpaired) electrons. The minimum absolute atomic E-state index is 0.193. The van der Waals surface area contributed by atoms with Crippen molar-refractivity contribution in [2.24, 2.45) is 0 Å². The number of halogens is 2. The van der Waals surface area contributed by atoms with Crippen molar-refractivity contribution in [3.05, 3.63) is 63.0 Å². The third kappa shape index (κ3) is 2.52. The van der Waals surface area contributed by atoms with E-state index in [9.17, 15) is 9.90 Å². The van der Waals surface area contributed by atoms with E-state index in [1.807, 2.05) is 30.3 Å². The summed E-state index contributed by atoms with van der Waals surface area (Å²) in [5.74, 6) is -0.469. The molecule has 0 bridgehead atoms. The van der Waals surface area contributed by atoms with Crippen molar-refractivity contribution in [2.75, 3.05) is 0 Å². The molecule has 4 rings (SSSR count). The van der Waals surface area contributed by atoms with Crippen LogP contribution in [-0.4, -0.2) is 16.1 Å². The minimum atomic E-state index is -0.999. The number of hydrogen-bond acceptors (Lipinski definition) is 3. The molecule has 2 aromatic heterocycles. The van der Waals surface area contributed by atoms with Crippen LogP contribution in [0.3, 0.4) is 0 Å². The maximum atomic E-state index is 11.6. The maximum Gasteiger partial charge on any atom is 0.336 e. The number of benzene rings is 2. The first-order valence-electron chi connectivity index (χ1n) is 7.05. The van der Waals surface area contributed by atoms with Crippen molar-refractivity contribution in [2.45, 2.75) is 0 Å². The van der Waals surface area contributed by atoms with E-state index in [-0.39, 0.29) is 5.56 Å². The quantitative estimate of drug-likeness (QED) is 0.418. The van der Waals surface area contributed by atoms with E-state index in [0.717, 1.165) is 19.9 Å². The van der Waals surface area contributed by atoms with Crippen LogP contribution in [0.1, 0.15) is 10.4 Å². The molecule has 6 heteroatoms. The molecule has 0 spiro atoms. The smallest absolute Gasteiger partial charge is 0.336 e. The van der Waals surface area contributed by atoms with E-state index in [0.29, 0.717) is 22.4 Å². The number of aromatic nitrogens is 1. The molecule has 0 aliphatic carbocycles. The lowest BCUT2D eigenvalue weighted by molar-refractivity contribution is 0.0699. The molecule has 0 atom stereocenters. The standard InChI is InChI=1S/C18H9Br2NO3/c19-10-4-5-15-9(6-10)7-16(24-15)14-8-12(18(22)23)11-2-1-3-13(20)17(11)21-14/h1-8H,(H,22,23). The number of para-hydroxylation sites is 1. The second-order valence-corrected chi connectivity index (χ2v) is 7.06. The van der Waals surface area contributed by atoms with Crippen LogP contribution in [0.15, 0.2) is 61.9 Å². The van der Waals surface area contributed by atoms with Crippen LogP contribution >= 0.6 is 31.9 Å². The first-order valence-corrected chi connectivity index (χ1v) is 8.63. The van der Waals surface area contributed by atoms with Gasteiger partial charge in [0.2, 0.25) is 0 Å². The van der Waals surface area contributed by atoms with Gasteiger partial charge in [0, 0.05) is 19.7 Å². The molecule has 0 amide bonds. The zero-order chi connectivity index (χ0) is 16.8. The molecule has 0 saturated heterocycles. The highest BCUT2D eigenvalue weighted by Crippen LogP contribution is 2.33. The summed E-state index contributed by atoms with van der Waals surface area (Å²) in [6.45, 7) is 0. The number of nitrogens with zero attached hydrogens (tertiary/aromatic N) is 1. The Labute approximate surface area is 153 Å². The molecule has 0 aliphatic rings. The van der Waals surface area contributed by atoms with Crippen LogP contribution in [0, 0.1) is 0 Å². The summed E-state index contributed by atoms with van der Waals surface area (Å²) in [5.41, 5.74) is 1.99. The predicted octanol–water partition coefficient (Wildman–Crippen LogP) is 5.87. The Bertz CT molecular complexity index is 1120. The Hall–Kier alpha value is -2.18. The van der Waals surface area contributed by atoms with Crippen LogP contribution in [-0.2, 0) is 0 Å². The van der Waals surface area contributed by atoms with Crippen LogP contribution < -0.4 is 0 Å². The normalized spacial score (nSPS) is 11.2. The van der Waals surface area contributed by atoms with Gasteiger partial charge in [-0.1, -0.05) is 28.1 Å². The Balaban J connectivity index is 2.01. The van der Waals surface area contributed by atoms with Gasteiger partial charge < -0.3 is 9.52 Å². The van der Waals surface area contributed by atoms with Crippen molar-refractivity contribution >= 4 is 59.7 Å². The summed E-state index contributed by atoms with van der Waals surface area (Å²) in [7, 11) is 0. The predicted molar refractivity (Wildman–Crippen MR) is 99.3 cm³/mol. The molecule has 0 saturated carbocycles. The fraction of sp³-hybridized carbons (Fsp3) is 0. The molecule has 118 valence electrons. The van der Waals surface area contributed by atoms with Gasteiger partial charge in [0.25, 0.3) is 0 Å². The van der Waals surface area contributed by atoms with E-state index >= 15 is 0 Å². The van der Waals surface area contributed by atoms with Gasteiger partial charge in [-0.25, -0.2) is 9.78 Å². The lowest BCUT2D eigenvalue weighted by atomic mass is 10.1. The van der Waals surface area contributed by atoms with E-state index < -0.39 is 5.97 Å². The monoisotopic (exact) mass is 445 g/mol. The number of carboxylic acids is 1. The highest BCUT2D eigenvalue weighted by molar-refractivity contribution is 9.11. The van der Waals surface area contributed by atoms with Crippen molar-refractivity contribution < 1.29 is 14.3 Å². The van der Waals surface area contributed by atoms with Gasteiger partial charge in [-0.05, 0) is 52.3 Å². The lowest BCUT2D eigenvalue weighted by Crippen LogP contribution is -2.00. The molecular weight excluding hydrogens is 438 g/mol. The number of pyridine rings is 1. The Morgan fingerprint density at radius 3 is 2.71 bits per heavy atom. The summed E-state index contributed by atoms with van der Waals surface area (Å²) in [6, 6.07) is 14.5. The number of carbonyl (C=O) groups is 1. The van der Waals surface area contributed by atoms with Crippen molar-refractivity contribution in [3.63, 3.8) is 0 Å². The number of aromatic carboxylic acids is 1. The second kappa shape index (κ2) is 5.72. The minimum Gasteiger partial charge on any atom is -0.478 e. The van der Waals surface area contributed by atoms with E-state index in [4.69, 9.17) is 4.42 Å². The zero-order valence-electron chi connectivity index (χ0n) is 12.1. The molecule has 0 unspecified atom stereocenters. The van der Waals surface area contributed by atoms with Crippen LogP contribution in [0.4, 0.5) is 0 Å². The third-order valence-electron chi connectivity index (χ3n) is 3.75. The van der Waals surface area contributed by atoms with Gasteiger partial charge in [0.15, 0.2) is 5.76 Å². The third-order valence-corrected chi connectivity index (χ3v) is 4.88. The van der Waals surface area contributed by atoms with Crippen molar-refractivity contribution in [1.82, 2.24) is 4.98 Å². The van der Waals surface area contributed by atoms with Crippen LogP contribution in [0.25, 0.3) is 33.3 Å². The second-order valence-electron chi connectivity index (χ2n) is 5.29.